The van der Waals surface area contributed by atoms with Crippen LogP contribution >= 0.6 is 0 Å². The summed E-state index contributed by atoms with van der Waals surface area (Å²) in [5.41, 5.74) is 2.11. The highest BCUT2D eigenvalue weighted by molar-refractivity contribution is 5.98. The van der Waals surface area contributed by atoms with Crippen molar-refractivity contribution in [3.05, 3.63) is 29.8 Å². The zero-order valence-electron chi connectivity index (χ0n) is 9.90. The fraction of sp³-hybridized carbons (Fsp3) is 0.385. The van der Waals surface area contributed by atoms with Gasteiger partial charge in [-0.1, -0.05) is 19.1 Å². The number of carbonyl (C=O) groups is 2. The molecule has 1 aromatic carbocycles. The fourth-order valence-electron chi connectivity index (χ4n) is 1.88. The molecule has 1 fully saturated rings. The number of amides is 2. The summed E-state index contributed by atoms with van der Waals surface area (Å²) in [5.74, 6) is -0.119. The summed E-state index contributed by atoms with van der Waals surface area (Å²) in [6, 6.07) is 7.91. The largest absolute Gasteiger partial charge is 0.347 e. The molecule has 90 valence electrons. The molecule has 4 nitrogen and oxygen atoms in total. The van der Waals surface area contributed by atoms with Gasteiger partial charge in [0.2, 0.25) is 11.8 Å². The van der Waals surface area contributed by atoms with E-state index in [1.807, 2.05) is 24.3 Å². The van der Waals surface area contributed by atoms with Gasteiger partial charge in [0.25, 0.3) is 0 Å². The van der Waals surface area contributed by atoms with Crippen molar-refractivity contribution in [2.75, 3.05) is 18.0 Å². The first-order chi connectivity index (χ1) is 8.20. The summed E-state index contributed by atoms with van der Waals surface area (Å²) in [7, 11) is 0. The molecule has 1 saturated heterocycles. The first-order valence-corrected chi connectivity index (χ1v) is 5.86. The maximum atomic E-state index is 11.8. The molecule has 0 aromatic heterocycles. The Bertz CT molecular complexity index is 426. The Balaban J connectivity index is 2.18. The predicted octanol–water partition coefficient (Wildman–Crippen LogP) is 1.10. The van der Waals surface area contributed by atoms with Gasteiger partial charge in [-0.25, -0.2) is 0 Å². The summed E-state index contributed by atoms with van der Waals surface area (Å²) < 4.78 is 0. The van der Waals surface area contributed by atoms with Crippen molar-refractivity contribution in [1.29, 1.82) is 0 Å². The molecule has 1 heterocycles. The average molecular weight is 232 g/mol. The number of aryl methyl sites for hydroxylation is 1. The summed E-state index contributed by atoms with van der Waals surface area (Å²) in [4.78, 5) is 24.7. The highest BCUT2D eigenvalue weighted by Crippen LogP contribution is 2.17. The maximum Gasteiger partial charge on any atom is 0.246 e. The molecule has 1 aliphatic heterocycles. The molecule has 0 bridgehead atoms. The van der Waals surface area contributed by atoms with Gasteiger partial charge in [-0.3, -0.25) is 9.59 Å². The van der Waals surface area contributed by atoms with Gasteiger partial charge in [-0.2, -0.15) is 0 Å². The third-order valence-electron chi connectivity index (χ3n) is 2.96. The molecule has 0 radical (unpaired) electrons. The Labute approximate surface area is 101 Å². The minimum Gasteiger partial charge on any atom is -0.347 e. The van der Waals surface area contributed by atoms with Crippen LogP contribution in [-0.4, -0.2) is 24.9 Å². The Morgan fingerprint density at radius 1 is 1.24 bits per heavy atom. The molecule has 0 unspecified atom stereocenters. The lowest BCUT2D eigenvalue weighted by atomic mass is 10.1. The van der Waals surface area contributed by atoms with Crippen molar-refractivity contribution < 1.29 is 9.59 Å². The van der Waals surface area contributed by atoms with Crippen molar-refractivity contribution in [3.63, 3.8) is 0 Å². The van der Waals surface area contributed by atoms with Crippen LogP contribution in [0, 0.1) is 0 Å². The molecule has 0 saturated carbocycles. The molecule has 2 rings (SSSR count). The molecule has 0 aliphatic carbocycles. The van der Waals surface area contributed by atoms with E-state index in [2.05, 4.69) is 12.2 Å². The molecule has 1 N–H and O–H groups in total. The van der Waals surface area contributed by atoms with Gasteiger partial charge in [-0.05, 0) is 24.1 Å². The van der Waals surface area contributed by atoms with E-state index in [0.717, 1.165) is 12.1 Å². The smallest absolute Gasteiger partial charge is 0.246 e. The van der Waals surface area contributed by atoms with Crippen LogP contribution < -0.4 is 10.2 Å². The number of carbonyl (C=O) groups excluding carboxylic acids is 2. The second kappa shape index (κ2) is 4.99. The van der Waals surface area contributed by atoms with Gasteiger partial charge >= 0.3 is 0 Å². The number of anilines is 1. The molecule has 0 atom stereocenters. The minimum absolute atomic E-state index is 0.0555. The van der Waals surface area contributed by atoms with Crippen LogP contribution in [0.5, 0.6) is 0 Å². The van der Waals surface area contributed by atoms with Gasteiger partial charge in [-0.15, -0.1) is 0 Å². The number of hydrogen-bond donors (Lipinski definition) is 1. The van der Waals surface area contributed by atoms with Crippen LogP contribution in [0.3, 0.4) is 0 Å². The number of nitrogens with zero attached hydrogens (tertiary/aromatic N) is 1. The summed E-state index contributed by atoms with van der Waals surface area (Å²) >= 11 is 0. The highest BCUT2D eigenvalue weighted by Gasteiger charge is 2.20. The van der Waals surface area contributed by atoms with Crippen LogP contribution in [0.4, 0.5) is 5.69 Å². The van der Waals surface area contributed by atoms with E-state index in [1.165, 1.54) is 5.56 Å². The predicted molar refractivity (Wildman–Crippen MR) is 65.8 cm³/mol. The zero-order valence-corrected chi connectivity index (χ0v) is 9.90. The highest BCUT2D eigenvalue weighted by atomic mass is 16.2. The molecule has 1 aromatic rings. The third-order valence-corrected chi connectivity index (χ3v) is 2.96. The van der Waals surface area contributed by atoms with E-state index in [-0.39, 0.29) is 18.4 Å². The summed E-state index contributed by atoms with van der Waals surface area (Å²) in [6.07, 6.45) is 1.34. The molecule has 17 heavy (non-hydrogen) atoms. The number of nitrogens with one attached hydrogen (secondary N) is 1. The average Bonchev–Trinajstić information content (AvgIpc) is 2.52. The van der Waals surface area contributed by atoms with Crippen LogP contribution in [0.15, 0.2) is 24.3 Å². The van der Waals surface area contributed by atoms with Gasteiger partial charge < -0.3 is 10.2 Å². The molecule has 0 spiro atoms. The van der Waals surface area contributed by atoms with Crippen molar-refractivity contribution in [2.45, 2.75) is 19.8 Å². The van der Waals surface area contributed by atoms with E-state index in [0.29, 0.717) is 13.0 Å². The van der Waals surface area contributed by atoms with E-state index in [9.17, 15) is 9.59 Å². The molecule has 2 amide bonds. The topological polar surface area (TPSA) is 49.4 Å². The lowest BCUT2D eigenvalue weighted by molar-refractivity contribution is -0.123. The summed E-state index contributed by atoms with van der Waals surface area (Å²) in [5, 5.41) is 2.59. The van der Waals surface area contributed by atoms with Gasteiger partial charge in [0.05, 0.1) is 6.54 Å². The van der Waals surface area contributed by atoms with E-state index >= 15 is 0 Å². The number of rotatable bonds is 2. The zero-order chi connectivity index (χ0) is 12.3. The van der Waals surface area contributed by atoms with Crippen molar-refractivity contribution in [1.82, 2.24) is 5.32 Å². The van der Waals surface area contributed by atoms with Crippen molar-refractivity contribution >= 4 is 17.5 Å². The van der Waals surface area contributed by atoms with E-state index < -0.39 is 0 Å². The first kappa shape index (κ1) is 11.6. The second-order valence-electron chi connectivity index (χ2n) is 4.09. The molecular weight excluding hydrogens is 216 g/mol. The molecular formula is C13H16N2O2. The van der Waals surface area contributed by atoms with Crippen LogP contribution in [0.1, 0.15) is 18.9 Å². The normalized spacial score (nSPS) is 16.6. The Kier molecular flexibility index (Phi) is 3.42. The van der Waals surface area contributed by atoms with E-state index in [4.69, 9.17) is 0 Å². The minimum atomic E-state index is -0.0639. The second-order valence-corrected chi connectivity index (χ2v) is 4.09. The van der Waals surface area contributed by atoms with E-state index in [1.54, 1.807) is 4.90 Å². The van der Waals surface area contributed by atoms with Crippen LogP contribution in [0.25, 0.3) is 0 Å². The fourth-order valence-corrected chi connectivity index (χ4v) is 1.88. The Hall–Kier alpha value is -1.84. The third kappa shape index (κ3) is 2.64. The summed E-state index contributed by atoms with van der Waals surface area (Å²) in [6.45, 7) is 2.64. The Morgan fingerprint density at radius 2 is 1.94 bits per heavy atom. The van der Waals surface area contributed by atoms with Gasteiger partial charge in [0.1, 0.15) is 0 Å². The SMILES string of the molecule is CCc1ccc(N2CCC(=O)NCC2=O)cc1. The van der Waals surface area contributed by atoms with Gasteiger partial charge in [0.15, 0.2) is 0 Å². The molecule has 1 aliphatic rings. The molecule has 4 heteroatoms. The van der Waals surface area contributed by atoms with Crippen LogP contribution in [-0.2, 0) is 16.0 Å². The first-order valence-electron chi connectivity index (χ1n) is 5.86. The quantitative estimate of drug-likeness (QED) is 0.830. The number of benzene rings is 1. The van der Waals surface area contributed by atoms with Crippen LogP contribution in [0.2, 0.25) is 0 Å². The van der Waals surface area contributed by atoms with Gasteiger partial charge in [0, 0.05) is 18.7 Å². The maximum absolute atomic E-state index is 11.8. The lowest BCUT2D eigenvalue weighted by Gasteiger charge is -2.20. The monoisotopic (exact) mass is 232 g/mol. The van der Waals surface area contributed by atoms with Crippen molar-refractivity contribution in [2.24, 2.45) is 0 Å². The number of hydrogen-bond acceptors (Lipinski definition) is 2. The standard InChI is InChI=1S/C13H16N2O2/c1-2-10-3-5-11(6-4-10)15-8-7-12(16)14-9-13(15)17/h3-6H,2,7-9H2,1H3,(H,14,16). The van der Waals surface area contributed by atoms with Crippen molar-refractivity contribution in [3.8, 4) is 0 Å². The Morgan fingerprint density at radius 3 is 2.59 bits per heavy atom. The lowest BCUT2D eigenvalue weighted by Crippen LogP contribution is -2.35.